The summed E-state index contributed by atoms with van der Waals surface area (Å²) < 4.78 is 28.2. The van der Waals surface area contributed by atoms with Crippen molar-refractivity contribution in [2.24, 2.45) is 5.10 Å². The molecule has 2 aromatic carbocycles. The molecular formula is C15H13F2N3O2. The van der Waals surface area contributed by atoms with Crippen LogP contribution < -0.4 is 15.9 Å². The number of amides is 1. The first-order valence-electron chi connectivity index (χ1n) is 6.28. The molecule has 0 aliphatic carbocycles. The fraction of sp³-hybridized carbons (Fsp3) is 0.0667. The largest absolute Gasteiger partial charge is 0.435 e. The Kier molecular flexibility index (Phi) is 5.02. The molecule has 0 radical (unpaired) electrons. The van der Waals surface area contributed by atoms with E-state index in [2.05, 4.69) is 15.3 Å². The molecular weight excluding hydrogens is 292 g/mol. The standard InChI is InChI=1S/C15H13F2N3O2/c16-15(17)22-13-7-1-10(2-8-13)9-19-20-14(21)11-3-5-12(18)6-4-11/h1-9,15H,18H2,(H,20,21). The highest BCUT2D eigenvalue weighted by atomic mass is 19.3. The lowest BCUT2D eigenvalue weighted by atomic mass is 10.2. The van der Waals surface area contributed by atoms with E-state index in [4.69, 9.17) is 5.73 Å². The highest BCUT2D eigenvalue weighted by Gasteiger charge is 2.04. The number of anilines is 1. The number of halogens is 2. The van der Waals surface area contributed by atoms with Gasteiger partial charge in [-0.15, -0.1) is 0 Å². The number of hydrogen-bond acceptors (Lipinski definition) is 4. The lowest BCUT2D eigenvalue weighted by Gasteiger charge is -2.03. The fourth-order valence-corrected chi connectivity index (χ4v) is 1.60. The fourth-order valence-electron chi connectivity index (χ4n) is 1.60. The van der Waals surface area contributed by atoms with E-state index >= 15 is 0 Å². The first-order valence-corrected chi connectivity index (χ1v) is 6.28. The molecule has 0 atom stereocenters. The lowest BCUT2D eigenvalue weighted by molar-refractivity contribution is -0.0498. The molecule has 0 saturated carbocycles. The smallest absolute Gasteiger partial charge is 0.387 e. The van der Waals surface area contributed by atoms with Crippen molar-refractivity contribution in [3.05, 3.63) is 59.7 Å². The topological polar surface area (TPSA) is 76.7 Å². The molecule has 0 spiro atoms. The Morgan fingerprint density at radius 3 is 2.36 bits per heavy atom. The summed E-state index contributed by atoms with van der Waals surface area (Å²) in [5.74, 6) is -0.327. The second-order valence-electron chi connectivity index (χ2n) is 4.27. The molecule has 3 N–H and O–H groups in total. The van der Waals surface area contributed by atoms with Gasteiger partial charge in [-0.2, -0.15) is 13.9 Å². The Bertz CT molecular complexity index is 655. The quantitative estimate of drug-likeness (QED) is 0.506. The van der Waals surface area contributed by atoms with Gasteiger partial charge < -0.3 is 10.5 Å². The van der Waals surface area contributed by atoms with Crippen LogP contribution in [0, 0.1) is 0 Å². The summed E-state index contributed by atoms with van der Waals surface area (Å²) in [5, 5.41) is 3.79. The molecule has 0 saturated heterocycles. The molecule has 0 aliphatic rings. The molecule has 0 unspecified atom stereocenters. The summed E-state index contributed by atoms with van der Waals surface area (Å²) in [5.41, 5.74) is 9.49. The van der Waals surface area contributed by atoms with E-state index in [1.165, 1.54) is 30.5 Å². The summed E-state index contributed by atoms with van der Waals surface area (Å²) in [7, 11) is 0. The highest BCUT2D eigenvalue weighted by Crippen LogP contribution is 2.13. The van der Waals surface area contributed by atoms with E-state index in [0.717, 1.165) is 0 Å². The second kappa shape index (κ2) is 7.16. The van der Waals surface area contributed by atoms with Crippen LogP contribution in [0.15, 0.2) is 53.6 Å². The molecule has 0 heterocycles. The van der Waals surface area contributed by atoms with Crippen LogP contribution in [0.4, 0.5) is 14.5 Å². The molecule has 2 rings (SSSR count). The minimum absolute atomic E-state index is 0.0538. The monoisotopic (exact) mass is 305 g/mol. The average molecular weight is 305 g/mol. The molecule has 1 amide bonds. The van der Waals surface area contributed by atoms with Gasteiger partial charge in [0.25, 0.3) is 5.91 Å². The number of rotatable bonds is 5. The number of nitrogen functional groups attached to an aromatic ring is 1. The predicted octanol–water partition coefficient (Wildman–Crippen LogP) is 2.63. The zero-order valence-corrected chi connectivity index (χ0v) is 11.4. The maximum Gasteiger partial charge on any atom is 0.387 e. The van der Waals surface area contributed by atoms with E-state index in [-0.39, 0.29) is 11.7 Å². The van der Waals surface area contributed by atoms with Gasteiger partial charge in [0.2, 0.25) is 0 Å². The Morgan fingerprint density at radius 1 is 1.14 bits per heavy atom. The van der Waals surface area contributed by atoms with Crippen LogP contribution >= 0.6 is 0 Å². The van der Waals surface area contributed by atoms with Gasteiger partial charge in [-0.05, 0) is 54.1 Å². The molecule has 22 heavy (non-hydrogen) atoms. The number of ether oxygens (including phenoxy) is 1. The molecule has 0 fully saturated rings. The van der Waals surface area contributed by atoms with Crippen LogP contribution in [0.5, 0.6) is 5.75 Å². The van der Waals surface area contributed by atoms with E-state index in [1.807, 2.05) is 0 Å². The molecule has 7 heteroatoms. The van der Waals surface area contributed by atoms with Crippen LogP contribution in [-0.4, -0.2) is 18.7 Å². The third kappa shape index (κ3) is 4.55. The SMILES string of the molecule is Nc1ccc(C(=O)NN=Cc2ccc(OC(F)F)cc2)cc1. The lowest BCUT2D eigenvalue weighted by Crippen LogP contribution is -2.17. The van der Waals surface area contributed by atoms with Crippen molar-refractivity contribution in [3.8, 4) is 5.75 Å². The van der Waals surface area contributed by atoms with Gasteiger partial charge in [-0.3, -0.25) is 4.79 Å². The Balaban J connectivity index is 1.91. The van der Waals surface area contributed by atoms with E-state index < -0.39 is 6.61 Å². The number of nitrogens with two attached hydrogens (primary N) is 1. The van der Waals surface area contributed by atoms with Gasteiger partial charge in [0.05, 0.1) is 6.21 Å². The van der Waals surface area contributed by atoms with Crippen LogP contribution in [0.1, 0.15) is 15.9 Å². The molecule has 5 nitrogen and oxygen atoms in total. The zero-order chi connectivity index (χ0) is 15.9. The third-order valence-electron chi connectivity index (χ3n) is 2.66. The van der Waals surface area contributed by atoms with Gasteiger partial charge in [0, 0.05) is 11.3 Å². The molecule has 0 bridgehead atoms. The second-order valence-corrected chi connectivity index (χ2v) is 4.27. The van der Waals surface area contributed by atoms with Gasteiger partial charge in [-0.25, -0.2) is 5.43 Å². The maximum atomic E-state index is 12.0. The van der Waals surface area contributed by atoms with Crippen molar-refractivity contribution in [3.63, 3.8) is 0 Å². The predicted molar refractivity (Wildman–Crippen MR) is 79.0 cm³/mol. The number of hydrogen-bond donors (Lipinski definition) is 2. The first kappa shape index (κ1) is 15.4. The Labute approximate surface area is 125 Å². The van der Waals surface area contributed by atoms with Gasteiger partial charge in [-0.1, -0.05) is 0 Å². The Morgan fingerprint density at radius 2 is 1.77 bits per heavy atom. The number of nitrogens with one attached hydrogen (secondary N) is 1. The van der Waals surface area contributed by atoms with Crippen molar-refractivity contribution in [2.75, 3.05) is 5.73 Å². The van der Waals surface area contributed by atoms with E-state index in [0.29, 0.717) is 16.8 Å². The average Bonchev–Trinajstić information content (AvgIpc) is 2.49. The molecule has 2 aromatic rings. The van der Waals surface area contributed by atoms with E-state index in [9.17, 15) is 13.6 Å². The molecule has 0 aliphatic heterocycles. The summed E-state index contributed by atoms with van der Waals surface area (Å²) in [6.07, 6.45) is 1.39. The minimum atomic E-state index is -2.86. The number of nitrogens with zero attached hydrogens (tertiary/aromatic N) is 1. The van der Waals surface area contributed by atoms with Crippen molar-refractivity contribution in [1.29, 1.82) is 0 Å². The van der Waals surface area contributed by atoms with Crippen LogP contribution in [0.3, 0.4) is 0 Å². The molecule has 0 aromatic heterocycles. The summed E-state index contributed by atoms with van der Waals surface area (Å²) >= 11 is 0. The van der Waals surface area contributed by atoms with Gasteiger partial charge >= 0.3 is 6.61 Å². The van der Waals surface area contributed by atoms with Crippen LogP contribution in [0.25, 0.3) is 0 Å². The summed E-state index contributed by atoms with van der Waals surface area (Å²) in [6, 6.07) is 12.2. The van der Waals surface area contributed by atoms with Crippen molar-refractivity contribution < 1.29 is 18.3 Å². The number of alkyl halides is 2. The maximum absolute atomic E-state index is 12.0. The van der Waals surface area contributed by atoms with Crippen molar-refractivity contribution in [1.82, 2.24) is 5.43 Å². The number of hydrazone groups is 1. The van der Waals surface area contributed by atoms with Crippen LogP contribution in [0.2, 0.25) is 0 Å². The normalized spacial score (nSPS) is 10.9. The highest BCUT2D eigenvalue weighted by molar-refractivity contribution is 5.95. The summed E-state index contributed by atoms with van der Waals surface area (Å²) in [4.78, 5) is 11.8. The van der Waals surface area contributed by atoms with Gasteiger partial charge in [0.1, 0.15) is 5.75 Å². The minimum Gasteiger partial charge on any atom is -0.435 e. The third-order valence-corrected chi connectivity index (χ3v) is 2.66. The van der Waals surface area contributed by atoms with Gasteiger partial charge in [0.15, 0.2) is 0 Å². The molecule has 114 valence electrons. The Hall–Kier alpha value is -2.96. The van der Waals surface area contributed by atoms with E-state index in [1.54, 1.807) is 24.3 Å². The van der Waals surface area contributed by atoms with Crippen molar-refractivity contribution >= 4 is 17.8 Å². The number of benzene rings is 2. The number of carbonyl (C=O) groups is 1. The number of carbonyl (C=O) groups excluding carboxylic acids is 1. The van der Waals surface area contributed by atoms with Crippen LogP contribution in [-0.2, 0) is 0 Å². The zero-order valence-electron chi connectivity index (χ0n) is 11.4. The first-order chi connectivity index (χ1) is 10.5. The van der Waals surface area contributed by atoms with Crippen molar-refractivity contribution in [2.45, 2.75) is 6.61 Å². The summed E-state index contributed by atoms with van der Waals surface area (Å²) in [6.45, 7) is -2.86.